The van der Waals surface area contributed by atoms with Gasteiger partial charge in [0.05, 0.1) is 16.1 Å². The summed E-state index contributed by atoms with van der Waals surface area (Å²) >= 11 is 1.45. The average Bonchev–Trinajstić information content (AvgIpc) is 2.79. The highest BCUT2D eigenvalue weighted by molar-refractivity contribution is 7.14. The van der Waals surface area contributed by atoms with Gasteiger partial charge in [0, 0.05) is 4.88 Å². The Hall–Kier alpha value is -2.14. The lowest BCUT2D eigenvalue weighted by molar-refractivity contribution is 0.0697. The number of thiophene rings is 1. The number of amides is 1. The monoisotopic (exact) mass is 303 g/mol. The number of carboxylic acids is 1. The van der Waals surface area contributed by atoms with Crippen molar-refractivity contribution >= 4 is 28.9 Å². The number of carboxylic acid groups (broad SMARTS) is 1. The van der Waals surface area contributed by atoms with Gasteiger partial charge >= 0.3 is 5.97 Å². The van der Waals surface area contributed by atoms with Crippen molar-refractivity contribution in [2.24, 2.45) is 0 Å². The summed E-state index contributed by atoms with van der Waals surface area (Å²) in [5.41, 5.74) is 2.18. The molecule has 0 fully saturated rings. The van der Waals surface area contributed by atoms with Gasteiger partial charge in [-0.3, -0.25) is 4.79 Å². The second-order valence-electron chi connectivity index (χ2n) is 4.83. The Kier molecular flexibility index (Phi) is 4.43. The summed E-state index contributed by atoms with van der Waals surface area (Å²) in [6.07, 6.45) is 0.884. The normalized spacial score (nSPS) is 10.4. The molecule has 5 heteroatoms. The highest BCUT2D eigenvalue weighted by Gasteiger charge is 2.17. The van der Waals surface area contributed by atoms with Gasteiger partial charge in [-0.1, -0.05) is 19.1 Å². The number of aromatic carboxylic acids is 1. The standard InChI is InChI=1S/C16H17NO3S/c1-4-12-10(3)8-13(21-12)15(18)17-11-7-5-6-9(2)14(11)16(19)20/h5-8H,4H2,1-3H3,(H,17,18)(H,19,20). The Morgan fingerprint density at radius 3 is 2.52 bits per heavy atom. The van der Waals surface area contributed by atoms with Crippen molar-refractivity contribution < 1.29 is 14.7 Å². The first-order chi connectivity index (χ1) is 9.93. The van der Waals surface area contributed by atoms with Crippen molar-refractivity contribution in [2.45, 2.75) is 27.2 Å². The van der Waals surface area contributed by atoms with E-state index in [1.54, 1.807) is 25.1 Å². The third-order valence-corrected chi connectivity index (χ3v) is 4.68. The number of rotatable bonds is 4. The number of carbonyl (C=O) groups excluding carboxylic acids is 1. The Morgan fingerprint density at radius 1 is 1.24 bits per heavy atom. The zero-order valence-electron chi connectivity index (χ0n) is 12.2. The topological polar surface area (TPSA) is 66.4 Å². The van der Waals surface area contributed by atoms with Crippen LogP contribution in [0.2, 0.25) is 0 Å². The molecule has 110 valence electrons. The highest BCUT2D eigenvalue weighted by Crippen LogP contribution is 2.25. The third kappa shape index (κ3) is 3.13. The van der Waals surface area contributed by atoms with Crippen molar-refractivity contribution in [3.8, 4) is 0 Å². The molecule has 2 aromatic rings. The molecule has 1 aromatic carbocycles. The molecule has 4 nitrogen and oxygen atoms in total. The van der Waals surface area contributed by atoms with Gasteiger partial charge in [0.2, 0.25) is 0 Å². The number of anilines is 1. The fourth-order valence-electron chi connectivity index (χ4n) is 2.22. The van der Waals surface area contributed by atoms with Crippen LogP contribution in [-0.2, 0) is 6.42 Å². The summed E-state index contributed by atoms with van der Waals surface area (Å²) in [4.78, 5) is 25.4. The molecular weight excluding hydrogens is 286 g/mol. The van der Waals surface area contributed by atoms with Crippen LogP contribution < -0.4 is 5.32 Å². The van der Waals surface area contributed by atoms with Crippen LogP contribution >= 0.6 is 11.3 Å². The predicted molar refractivity (Wildman–Crippen MR) is 84.5 cm³/mol. The SMILES string of the molecule is CCc1sc(C(=O)Nc2cccc(C)c2C(=O)O)cc1C. The van der Waals surface area contributed by atoms with Crippen molar-refractivity contribution in [3.63, 3.8) is 0 Å². The van der Waals surface area contributed by atoms with E-state index in [2.05, 4.69) is 5.32 Å². The van der Waals surface area contributed by atoms with Crippen LogP contribution in [0.4, 0.5) is 5.69 Å². The Balaban J connectivity index is 2.31. The first kappa shape index (κ1) is 15.3. The highest BCUT2D eigenvalue weighted by atomic mass is 32.1. The number of nitrogens with one attached hydrogen (secondary N) is 1. The molecule has 21 heavy (non-hydrogen) atoms. The van der Waals surface area contributed by atoms with Crippen molar-refractivity contribution in [1.29, 1.82) is 0 Å². The quantitative estimate of drug-likeness (QED) is 0.900. The van der Waals surface area contributed by atoms with Crippen LogP contribution in [0.3, 0.4) is 0 Å². The van der Waals surface area contributed by atoms with Gasteiger partial charge in [0.25, 0.3) is 5.91 Å². The summed E-state index contributed by atoms with van der Waals surface area (Å²) < 4.78 is 0. The predicted octanol–water partition coefficient (Wildman–Crippen LogP) is 3.88. The molecule has 1 amide bonds. The zero-order valence-corrected chi connectivity index (χ0v) is 13.0. The summed E-state index contributed by atoms with van der Waals surface area (Å²) in [6, 6.07) is 6.89. The summed E-state index contributed by atoms with van der Waals surface area (Å²) in [6.45, 7) is 5.73. The molecule has 0 aliphatic rings. The van der Waals surface area contributed by atoms with Crippen molar-refractivity contribution in [2.75, 3.05) is 5.32 Å². The summed E-state index contributed by atoms with van der Waals surface area (Å²) in [5, 5.41) is 12.0. The van der Waals surface area contributed by atoms with E-state index < -0.39 is 5.97 Å². The summed E-state index contributed by atoms with van der Waals surface area (Å²) in [5.74, 6) is -1.31. The van der Waals surface area contributed by atoms with E-state index in [0.29, 0.717) is 16.1 Å². The lowest BCUT2D eigenvalue weighted by Gasteiger charge is -2.09. The molecule has 0 radical (unpaired) electrons. The molecule has 2 N–H and O–H groups in total. The first-order valence-electron chi connectivity index (χ1n) is 6.67. The second kappa shape index (κ2) is 6.10. The molecule has 0 atom stereocenters. The van der Waals surface area contributed by atoms with E-state index in [4.69, 9.17) is 0 Å². The van der Waals surface area contributed by atoms with Gasteiger partial charge in [-0.15, -0.1) is 11.3 Å². The van der Waals surface area contributed by atoms with Crippen LogP contribution in [0, 0.1) is 13.8 Å². The lowest BCUT2D eigenvalue weighted by Crippen LogP contribution is -2.14. The molecule has 0 unspecified atom stereocenters. The number of benzene rings is 1. The summed E-state index contributed by atoms with van der Waals surface area (Å²) in [7, 11) is 0. The molecular formula is C16H17NO3S. The fourth-order valence-corrected chi connectivity index (χ4v) is 3.23. The van der Waals surface area contributed by atoms with Crippen LogP contribution in [0.1, 0.15) is 43.0 Å². The zero-order chi connectivity index (χ0) is 15.6. The lowest BCUT2D eigenvalue weighted by atomic mass is 10.1. The van der Waals surface area contributed by atoms with Crippen LogP contribution in [0.15, 0.2) is 24.3 Å². The largest absolute Gasteiger partial charge is 0.478 e. The van der Waals surface area contributed by atoms with Crippen LogP contribution in [0.25, 0.3) is 0 Å². The van der Waals surface area contributed by atoms with Crippen LogP contribution in [-0.4, -0.2) is 17.0 Å². The van der Waals surface area contributed by atoms with Gasteiger partial charge in [-0.2, -0.15) is 0 Å². The van der Waals surface area contributed by atoms with Crippen LogP contribution in [0.5, 0.6) is 0 Å². The maximum Gasteiger partial charge on any atom is 0.338 e. The molecule has 0 saturated heterocycles. The van der Waals surface area contributed by atoms with Gasteiger partial charge in [-0.25, -0.2) is 4.79 Å². The fraction of sp³-hybridized carbons (Fsp3) is 0.250. The third-order valence-electron chi connectivity index (χ3n) is 3.30. The smallest absolute Gasteiger partial charge is 0.338 e. The van der Waals surface area contributed by atoms with E-state index in [9.17, 15) is 14.7 Å². The van der Waals surface area contributed by atoms with Crippen molar-refractivity contribution in [1.82, 2.24) is 0 Å². The van der Waals surface area contributed by atoms with E-state index in [-0.39, 0.29) is 11.5 Å². The second-order valence-corrected chi connectivity index (χ2v) is 5.96. The average molecular weight is 303 g/mol. The molecule has 1 aromatic heterocycles. The molecule has 0 bridgehead atoms. The maximum atomic E-state index is 12.3. The minimum atomic E-state index is -1.04. The molecule has 1 heterocycles. The van der Waals surface area contributed by atoms with E-state index in [1.807, 2.05) is 19.9 Å². The molecule has 2 rings (SSSR count). The Bertz CT molecular complexity index is 704. The minimum absolute atomic E-state index is 0.134. The number of hydrogen-bond donors (Lipinski definition) is 2. The Morgan fingerprint density at radius 2 is 1.95 bits per heavy atom. The van der Waals surface area contributed by atoms with E-state index in [1.165, 1.54) is 16.2 Å². The minimum Gasteiger partial charge on any atom is -0.478 e. The van der Waals surface area contributed by atoms with Crippen molar-refractivity contribution in [3.05, 3.63) is 50.7 Å². The van der Waals surface area contributed by atoms with E-state index in [0.717, 1.165) is 12.0 Å². The molecule has 0 aliphatic carbocycles. The van der Waals surface area contributed by atoms with E-state index >= 15 is 0 Å². The van der Waals surface area contributed by atoms with Gasteiger partial charge in [0.1, 0.15) is 0 Å². The molecule has 0 aliphatic heterocycles. The first-order valence-corrected chi connectivity index (χ1v) is 7.49. The molecule has 0 spiro atoms. The van der Waals surface area contributed by atoms with Gasteiger partial charge in [0.15, 0.2) is 0 Å². The van der Waals surface area contributed by atoms with Gasteiger partial charge in [-0.05, 0) is 43.5 Å². The number of carbonyl (C=O) groups is 2. The number of hydrogen-bond acceptors (Lipinski definition) is 3. The Labute approximate surface area is 127 Å². The molecule has 0 saturated carbocycles. The number of aryl methyl sites for hydroxylation is 3. The van der Waals surface area contributed by atoms with Gasteiger partial charge < -0.3 is 10.4 Å². The maximum absolute atomic E-state index is 12.3.